The van der Waals surface area contributed by atoms with Crippen LogP contribution in [0, 0.1) is 0 Å². The Hall–Kier alpha value is -1.65. The van der Waals surface area contributed by atoms with Crippen molar-refractivity contribution in [1.29, 1.82) is 0 Å². The van der Waals surface area contributed by atoms with Crippen LogP contribution in [0.15, 0.2) is 48.6 Å². The summed E-state index contributed by atoms with van der Waals surface area (Å²) < 4.78 is 0. The van der Waals surface area contributed by atoms with E-state index < -0.39 is 12.1 Å². The predicted molar refractivity (Wildman–Crippen MR) is 355 cm³/mol. The molecule has 0 aliphatic carbocycles. The van der Waals surface area contributed by atoms with Gasteiger partial charge in [-0.25, -0.2) is 0 Å². The average Bonchev–Trinajstić information content (AvgIpc) is 3.45. The number of unbranched alkanes of at least 4 members (excludes halogenated alkanes) is 55. The lowest BCUT2D eigenvalue weighted by atomic mass is 10.0. The minimum atomic E-state index is -0.840. The molecule has 79 heavy (non-hydrogen) atoms. The first-order valence-corrected chi connectivity index (χ1v) is 36.4. The van der Waals surface area contributed by atoms with E-state index in [9.17, 15) is 15.0 Å². The van der Waals surface area contributed by atoms with Crippen molar-refractivity contribution in [2.45, 2.75) is 418 Å². The number of hydrogen-bond acceptors (Lipinski definition) is 3. The fourth-order valence-electron chi connectivity index (χ4n) is 11.5. The molecule has 0 saturated carbocycles. The zero-order chi connectivity index (χ0) is 56.9. The maximum atomic E-state index is 12.6. The van der Waals surface area contributed by atoms with E-state index in [-0.39, 0.29) is 12.5 Å². The Morgan fingerprint density at radius 2 is 0.519 bits per heavy atom. The lowest BCUT2D eigenvalue weighted by Crippen LogP contribution is -2.45. The number of nitrogens with one attached hydrogen (secondary N) is 1. The van der Waals surface area contributed by atoms with E-state index in [2.05, 4.69) is 55.6 Å². The summed E-state index contributed by atoms with van der Waals surface area (Å²) in [6.07, 6.45) is 99.3. The molecule has 4 nitrogen and oxygen atoms in total. The van der Waals surface area contributed by atoms with Gasteiger partial charge >= 0.3 is 0 Å². The number of amides is 1. The number of aliphatic hydroxyl groups excluding tert-OH is 2. The van der Waals surface area contributed by atoms with E-state index in [0.717, 1.165) is 38.5 Å². The second-order valence-corrected chi connectivity index (χ2v) is 25.0. The van der Waals surface area contributed by atoms with Crippen molar-refractivity contribution in [2.75, 3.05) is 6.61 Å². The van der Waals surface area contributed by atoms with Crippen LogP contribution in [0.1, 0.15) is 406 Å². The molecule has 2 unspecified atom stereocenters. The molecule has 0 aliphatic heterocycles. The number of carbonyl (C=O) groups excluding carboxylic acids is 1. The first-order chi connectivity index (χ1) is 39.2. The molecule has 3 N–H and O–H groups in total. The summed E-state index contributed by atoms with van der Waals surface area (Å²) in [4.78, 5) is 12.6. The summed E-state index contributed by atoms with van der Waals surface area (Å²) >= 11 is 0. The molecule has 0 heterocycles. The Kier molecular flexibility index (Phi) is 69.1. The van der Waals surface area contributed by atoms with Crippen LogP contribution in [0.2, 0.25) is 0 Å². The highest BCUT2D eigenvalue weighted by molar-refractivity contribution is 5.76. The van der Waals surface area contributed by atoms with Crippen LogP contribution in [0.3, 0.4) is 0 Å². The van der Waals surface area contributed by atoms with Crippen LogP contribution in [-0.2, 0) is 4.79 Å². The fraction of sp³-hybridized carbons (Fsp3) is 0.880. The van der Waals surface area contributed by atoms with E-state index in [4.69, 9.17) is 0 Å². The Morgan fingerprint density at radius 1 is 0.304 bits per heavy atom. The molecule has 0 spiro atoms. The molecule has 0 rings (SSSR count). The molecule has 0 aromatic rings. The smallest absolute Gasteiger partial charge is 0.220 e. The zero-order valence-corrected chi connectivity index (χ0v) is 53.9. The monoisotopic (exact) mass is 1110 g/mol. The van der Waals surface area contributed by atoms with E-state index in [1.54, 1.807) is 6.08 Å². The van der Waals surface area contributed by atoms with Crippen molar-refractivity contribution in [3.63, 3.8) is 0 Å². The molecule has 2 atom stereocenters. The van der Waals surface area contributed by atoms with Crippen molar-refractivity contribution in [3.8, 4) is 0 Å². The standard InChI is InChI=1S/C75H143NO3/c1-3-5-7-9-11-13-15-17-19-21-23-25-27-29-31-33-34-35-36-37-38-39-40-41-42-43-45-47-49-51-53-55-57-59-61-63-65-67-69-71-75(79)76-73(72-77)74(78)70-68-66-64-62-60-58-56-54-52-50-48-46-44-32-30-28-26-24-22-20-18-16-14-12-10-8-6-4-2/h15,17,21,23,27,29,68,70,73-74,77-78H,3-14,16,18-20,22,24-26,28,30-67,69,71-72H2,1-2H3,(H,76,79)/b17-15-,23-21-,29-27-,70-68+. The number of hydrogen-bond donors (Lipinski definition) is 3. The molecule has 4 heteroatoms. The number of carbonyl (C=O) groups is 1. The van der Waals surface area contributed by atoms with Crippen LogP contribution < -0.4 is 5.32 Å². The number of aliphatic hydroxyl groups is 2. The predicted octanol–water partition coefficient (Wildman–Crippen LogP) is 24.9. The molecule has 1 amide bonds. The third-order valence-corrected chi connectivity index (χ3v) is 17.1. The lowest BCUT2D eigenvalue weighted by molar-refractivity contribution is -0.123. The summed E-state index contributed by atoms with van der Waals surface area (Å²) in [5.41, 5.74) is 0. The highest BCUT2D eigenvalue weighted by Crippen LogP contribution is 2.19. The molecule has 0 saturated heterocycles. The summed E-state index contributed by atoms with van der Waals surface area (Å²) in [6, 6.07) is -0.623. The van der Waals surface area contributed by atoms with Crippen molar-refractivity contribution >= 4 is 5.91 Å². The fourth-order valence-corrected chi connectivity index (χ4v) is 11.5. The molecular weight excluding hydrogens is 963 g/mol. The van der Waals surface area contributed by atoms with E-state index in [1.807, 2.05) is 6.08 Å². The maximum absolute atomic E-state index is 12.6. The molecule has 466 valence electrons. The Morgan fingerprint density at radius 3 is 0.772 bits per heavy atom. The largest absolute Gasteiger partial charge is 0.394 e. The number of allylic oxidation sites excluding steroid dienone is 7. The van der Waals surface area contributed by atoms with E-state index in [0.29, 0.717) is 6.42 Å². The van der Waals surface area contributed by atoms with Gasteiger partial charge in [-0.05, 0) is 57.8 Å². The molecule has 0 aromatic heterocycles. The minimum Gasteiger partial charge on any atom is -0.394 e. The van der Waals surface area contributed by atoms with Crippen molar-refractivity contribution in [2.24, 2.45) is 0 Å². The zero-order valence-electron chi connectivity index (χ0n) is 53.9. The first-order valence-electron chi connectivity index (χ1n) is 36.4. The summed E-state index contributed by atoms with van der Waals surface area (Å²) in [5, 5.41) is 23.3. The molecule has 0 aromatic carbocycles. The van der Waals surface area contributed by atoms with Crippen molar-refractivity contribution < 1.29 is 15.0 Å². The van der Waals surface area contributed by atoms with Gasteiger partial charge in [0.25, 0.3) is 0 Å². The van der Waals surface area contributed by atoms with Crippen LogP contribution in [0.4, 0.5) is 0 Å². The maximum Gasteiger partial charge on any atom is 0.220 e. The SMILES string of the molecule is CCCCCCC/C=C\C/C=C\C/C=C\CCCCCCCCCCCCCCCCCCCCCCCCCCC(=O)NC(CO)C(O)/C=C/CCCCCCCCCCCCCCCCCCCCCCCCCCCC. The van der Waals surface area contributed by atoms with Crippen molar-refractivity contribution in [1.82, 2.24) is 5.32 Å². The van der Waals surface area contributed by atoms with Crippen LogP contribution in [0.25, 0.3) is 0 Å². The molecular formula is C75H143NO3. The first kappa shape index (κ1) is 77.3. The van der Waals surface area contributed by atoms with Gasteiger partial charge in [0.15, 0.2) is 0 Å². The second kappa shape index (κ2) is 70.6. The minimum absolute atomic E-state index is 0.0554. The van der Waals surface area contributed by atoms with Gasteiger partial charge in [0.2, 0.25) is 5.91 Å². The Labute approximate surface area is 496 Å². The molecule has 0 bridgehead atoms. The summed E-state index contributed by atoms with van der Waals surface area (Å²) in [6.45, 7) is 4.34. The lowest BCUT2D eigenvalue weighted by Gasteiger charge is -2.20. The molecule has 0 radical (unpaired) electrons. The summed E-state index contributed by atoms with van der Waals surface area (Å²) in [5.74, 6) is -0.0554. The van der Waals surface area contributed by atoms with Crippen LogP contribution >= 0.6 is 0 Å². The van der Waals surface area contributed by atoms with Gasteiger partial charge in [0.1, 0.15) is 0 Å². The van der Waals surface area contributed by atoms with Gasteiger partial charge in [-0.15, -0.1) is 0 Å². The number of rotatable bonds is 68. The van der Waals surface area contributed by atoms with Gasteiger partial charge in [0.05, 0.1) is 18.8 Å². The van der Waals surface area contributed by atoms with E-state index in [1.165, 1.54) is 347 Å². The third kappa shape index (κ3) is 67.0. The summed E-state index contributed by atoms with van der Waals surface area (Å²) in [7, 11) is 0. The van der Waals surface area contributed by atoms with Gasteiger partial charge in [0, 0.05) is 6.42 Å². The van der Waals surface area contributed by atoms with Gasteiger partial charge in [-0.1, -0.05) is 390 Å². The Bertz CT molecular complexity index is 1250. The highest BCUT2D eigenvalue weighted by atomic mass is 16.3. The molecule has 0 fully saturated rings. The van der Waals surface area contributed by atoms with Gasteiger partial charge in [-0.2, -0.15) is 0 Å². The second-order valence-electron chi connectivity index (χ2n) is 25.0. The highest BCUT2D eigenvalue weighted by Gasteiger charge is 2.18. The Balaban J connectivity index is 3.41. The normalized spacial score (nSPS) is 12.9. The van der Waals surface area contributed by atoms with Crippen LogP contribution in [-0.4, -0.2) is 34.9 Å². The van der Waals surface area contributed by atoms with Crippen molar-refractivity contribution in [3.05, 3.63) is 48.6 Å². The van der Waals surface area contributed by atoms with Gasteiger partial charge in [-0.3, -0.25) is 4.79 Å². The quantitative estimate of drug-likeness (QED) is 0.0420. The average molecular weight is 1110 g/mol. The third-order valence-electron chi connectivity index (χ3n) is 17.1. The van der Waals surface area contributed by atoms with Crippen LogP contribution in [0.5, 0.6) is 0 Å². The topological polar surface area (TPSA) is 69.6 Å². The van der Waals surface area contributed by atoms with E-state index >= 15 is 0 Å². The van der Waals surface area contributed by atoms with Gasteiger partial charge < -0.3 is 15.5 Å². The molecule has 0 aliphatic rings.